The second kappa shape index (κ2) is 58.9. The fraction of sp³-hybridized carbons (Fsp3) is 0.905. The van der Waals surface area contributed by atoms with Crippen molar-refractivity contribution >= 4 is 11.9 Å². The average Bonchev–Trinajstić information content (AvgIpc) is 3.35. The predicted molar refractivity (Wildman–Crippen MR) is 301 cm³/mol. The Morgan fingerprint density at radius 1 is 0.391 bits per heavy atom. The van der Waals surface area contributed by atoms with Gasteiger partial charge >= 0.3 is 5.97 Å². The van der Waals surface area contributed by atoms with E-state index in [9.17, 15) is 19.8 Å². The van der Waals surface area contributed by atoms with E-state index in [-0.39, 0.29) is 18.5 Å². The number of carbonyl (C=O) groups is 2. The lowest BCUT2D eigenvalue weighted by Gasteiger charge is -2.20. The molecule has 0 aromatic rings. The molecule has 3 N–H and O–H groups in total. The van der Waals surface area contributed by atoms with Gasteiger partial charge in [0.1, 0.15) is 0 Å². The van der Waals surface area contributed by atoms with Crippen molar-refractivity contribution in [3.8, 4) is 0 Å². The number of aliphatic hydroxyl groups excluding tert-OH is 2. The third-order valence-electron chi connectivity index (χ3n) is 14.5. The van der Waals surface area contributed by atoms with Gasteiger partial charge in [-0.2, -0.15) is 0 Å². The van der Waals surface area contributed by atoms with E-state index >= 15 is 0 Å². The highest BCUT2D eigenvalue weighted by Crippen LogP contribution is 2.17. The minimum atomic E-state index is -0.855. The van der Waals surface area contributed by atoms with Crippen LogP contribution in [0.25, 0.3) is 0 Å². The van der Waals surface area contributed by atoms with Gasteiger partial charge in [0.25, 0.3) is 0 Å². The van der Waals surface area contributed by atoms with Crippen LogP contribution in [0, 0.1) is 0 Å². The number of nitrogens with one attached hydrogen (secondary N) is 1. The van der Waals surface area contributed by atoms with Gasteiger partial charge in [0.15, 0.2) is 0 Å². The van der Waals surface area contributed by atoms with Gasteiger partial charge in [0.05, 0.1) is 25.4 Å². The fourth-order valence-electron chi connectivity index (χ4n) is 9.69. The van der Waals surface area contributed by atoms with Crippen molar-refractivity contribution in [3.63, 3.8) is 0 Å². The number of esters is 1. The van der Waals surface area contributed by atoms with Crippen LogP contribution in [0.5, 0.6) is 0 Å². The van der Waals surface area contributed by atoms with Crippen molar-refractivity contribution in [1.29, 1.82) is 0 Å². The standard InChI is InChI=1S/C63H121NO5/c1-3-5-7-9-11-13-15-17-19-21-22-23-24-25-27-31-35-39-43-47-51-55-61(66)60(59-65)64-62(67)56-52-48-44-40-36-32-28-26-30-34-38-42-46-50-54-58-69-63(68)57-53-49-45-41-37-33-29-20-18-16-14-12-10-8-6-4-2/h30,34,51,55,60-61,65-66H,3-29,31-33,35-50,52-54,56-59H2,1-2H3,(H,64,67)/b34-30-,55-51+. The van der Waals surface area contributed by atoms with E-state index < -0.39 is 12.1 Å². The molecule has 408 valence electrons. The van der Waals surface area contributed by atoms with Crippen LogP contribution in [0.2, 0.25) is 0 Å². The van der Waals surface area contributed by atoms with Gasteiger partial charge in [-0.25, -0.2) is 0 Å². The number of allylic oxidation sites excluding steroid dienone is 3. The average molecular weight is 973 g/mol. The van der Waals surface area contributed by atoms with Crippen LogP contribution in [0.3, 0.4) is 0 Å². The van der Waals surface area contributed by atoms with Gasteiger partial charge in [0, 0.05) is 12.8 Å². The highest BCUT2D eigenvalue weighted by Gasteiger charge is 2.18. The molecule has 1 amide bonds. The quantitative estimate of drug-likeness (QED) is 0.0321. The number of aliphatic hydroxyl groups is 2. The number of hydrogen-bond donors (Lipinski definition) is 3. The molecule has 2 unspecified atom stereocenters. The van der Waals surface area contributed by atoms with Crippen molar-refractivity contribution in [2.24, 2.45) is 0 Å². The largest absolute Gasteiger partial charge is 0.466 e. The predicted octanol–water partition coefficient (Wildman–Crippen LogP) is 19.4. The number of rotatable bonds is 58. The van der Waals surface area contributed by atoms with Crippen LogP contribution < -0.4 is 5.32 Å². The molecule has 0 saturated heterocycles. The van der Waals surface area contributed by atoms with E-state index in [4.69, 9.17) is 4.74 Å². The number of ether oxygens (including phenoxy) is 1. The van der Waals surface area contributed by atoms with E-state index in [0.717, 1.165) is 70.6 Å². The molecular formula is C63H121NO5. The van der Waals surface area contributed by atoms with E-state index in [2.05, 4.69) is 31.3 Å². The molecule has 0 spiro atoms. The number of unbranched alkanes of at least 4 members (excludes halogenated alkanes) is 45. The molecule has 2 atom stereocenters. The third kappa shape index (κ3) is 55.5. The van der Waals surface area contributed by atoms with E-state index in [1.54, 1.807) is 6.08 Å². The van der Waals surface area contributed by atoms with Crippen LogP contribution in [-0.4, -0.2) is 47.4 Å². The van der Waals surface area contributed by atoms with Crippen LogP contribution in [0.1, 0.15) is 341 Å². The summed E-state index contributed by atoms with van der Waals surface area (Å²) < 4.78 is 5.47. The van der Waals surface area contributed by atoms with Crippen LogP contribution in [-0.2, 0) is 14.3 Å². The van der Waals surface area contributed by atoms with Gasteiger partial charge < -0.3 is 20.3 Å². The summed E-state index contributed by atoms with van der Waals surface area (Å²) in [4.78, 5) is 24.6. The second-order valence-corrected chi connectivity index (χ2v) is 21.4. The van der Waals surface area contributed by atoms with Crippen molar-refractivity contribution in [2.75, 3.05) is 13.2 Å². The molecule has 0 aliphatic heterocycles. The van der Waals surface area contributed by atoms with Crippen LogP contribution in [0.15, 0.2) is 24.3 Å². The Morgan fingerprint density at radius 2 is 0.681 bits per heavy atom. The molecule has 0 saturated carbocycles. The molecule has 0 aliphatic carbocycles. The lowest BCUT2D eigenvalue weighted by Crippen LogP contribution is -2.45. The first kappa shape index (κ1) is 67.3. The molecule has 6 heteroatoms. The molecular weight excluding hydrogens is 851 g/mol. The van der Waals surface area contributed by atoms with Crippen LogP contribution >= 0.6 is 0 Å². The Morgan fingerprint density at radius 3 is 1.03 bits per heavy atom. The highest BCUT2D eigenvalue weighted by molar-refractivity contribution is 5.76. The molecule has 0 rings (SSSR count). The molecule has 69 heavy (non-hydrogen) atoms. The smallest absolute Gasteiger partial charge is 0.305 e. The molecule has 0 aliphatic rings. The monoisotopic (exact) mass is 972 g/mol. The van der Waals surface area contributed by atoms with Crippen LogP contribution in [0.4, 0.5) is 0 Å². The Bertz CT molecular complexity index is 1080. The maximum atomic E-state index is 12.5. The number of hydrogen-bond acceptors (Lipinski definition) is 5. The van der Waals surface area contributed by atoms with Crippen molar-refractivity contribution in [1.82, 2.24) is 5.32 Å². The molecule has 0 radical (unpaired) electrons. The summed E-state index contributed by atoms with van der Waals surface area (Å²) in [5.41, 5.74) is 0. The highest BCUT2D eigenvalue weighted by atomic mass is 16.5. The maximum Gasteiger partial charge on any atom is 0.305 e. The zero-order valence-corrected chi connectivity index (χ0v) is 46.6. The first-order chi connectivity index (χ1) is 34.0. The summed E-state index contributed by atoms with van der Waals surface area (Å²) in [7, 11) is 0. The first-order valence-corrected chi connectivity index (χ1v) is 31.1. The van der Waals surface area contributed by atoms with Gasteiger partial charge in [-0.15, -0.1) is 0 Å². The topological polar surface area (TPSA) is 95.9 Å². The third-order valence-corrected chi connectivity index (χ3v) is 14.5. The molecule has 0 bridgehead atoms. The van der Waals surface area contributed by atoms with E-state index in [1.807, 2.05) is 6.08 Å². The zero-order chi connectivity index (χ0) is 50.0. The van der Waals surface area contributed by atoms with Gasteiger partial charge in [-0.3, -0.25) is 9.59 Å². The van der Waals surface area contributed by atoms with Gasteiger partial charge in [-0.1, -0.05) is 295 Å². The summed E-state index contributed by atoms with van der Waals surface area (Å²) in [6.45, 7) is 4.90. The van der Waals surface area contributed by atoms with Gasteiger partial charge in [0.2, 0.25) is 5.91 Å². The molecule has 0 aromatic heterocycles. The summed E-state index contributed by atoms with van der Waals surface area (Å²) >= 11 is 0. The molecule has 0 heterocycles. The maximum absolute atomic E-state index is 12.5. The van der Waals surface area contributed by atoms with Gasteiger partial charge in [-0.05, 0) is 57.8 Å². The number of carbonyl (C=O) groups excluding carboxylic acids is 2. The normalized spacial score (nSPS) is 12.7. The van der Waals surface area contributed by atoms with Crippen molar-refractivity contribution < 1.29 is 24.5 Å². The molecule has 0 aromatic carbocycles. The Kier molecular flexibility index (Phi) is 57.5. The minimum Gasteiger partial charge on any atom is -0.466 e. The van der Waals surface area contributed by atoms with E-state index in [1.165, 1.54) is 244 Å². The zero-order valence-electron chi connectivity index (χ0n) is 46.6. The van der Waals surface area contributed by atoms with E-state index in [0.29, 0.717) is 19.4 Å². The Hall–Kier alpha value is -1.66. The lowest BCUT2D eigenvalue weighted by molar-refractivity contribution is -0.143. The summed E-state index contributed by atoms with van der Waals surface area (Å²) in [5.74, 6) is -0.0871. The fourth-order valence-corrected chi connectivity index (χ4v) is 9.69. The Labute approximate surface area is 431 Å². The molecule has 6 nitrogen and oxygen atoms in total. The summed E-state index contributed by atoms with van der Waals surface area (Å²) in [6.07, 6.45) is 72.1. The minimum absolute atomic E-state index is 0.00713. The Balaban J connectivity index is 3.49. The number of amides is 1. The molecule has 0 fully saturated rings. The second-order valence-electron chi connectivity index (χ2n) is 21.4. The first-order valence-electron chi connectivity index (χ1n) is 31.1. The summed E-state index contributed by atoms with van der Waals surface area (Å²) in [6, 6.07) is -0.640. The SMILES string of the molecule is CCCCCCCCCCCCCCCCCCCCC/C=C/C(O)C(CO)NC(=O)CCCCCCCCC/C=C\CCCCCCOC(=O)CCCCCCCCCCCCCCCCCC. The van der Waals surface area contributed by atoms with Crippen molar-refractivity contribution in [2.45, 2.75) is 353 Å². The van der Waals surface area contributed by atoms with Crippen molar-refractivity contribution in [3.05, 3.63) is 24.3 Å². The lowest BCUT2D eigenvalue weighted by atomic mass is 10.0. The summed E-state index contributed by atoms with van der Waals surface area (Å²) in [5, 5.41) is 23.2.